The van der Waals surface area contributed by atoms with Crippen molar-refractivity contribution in [2.75, 3.05) is 6.54 Å². The van der Waals surface area contributed by atoms with Crippen molar-refractivity contribution in [3.05, 3.63) is 113 Å². The summed E-state index contributed by atoms with van der Waals surface area (Å²) in [7, 11) is 0. The number of rotatable bonds is 7. The van der Waals surface area contributed by atoms with Gasteiger partial charge in [0, 0.05) is 25.3 Å². The lowest BCUT2D eigenvalue weighted by Gasteiger charge is -2.37. The van der Waals surface area contributed by atoms with E-state index in [0.717, 1.165) is 28.8 Å². The molecule has 0 amide bonds. The first kappa shape index (κ1) is 23.6. The average Bonchev–Trinajstić information content (AvgIpc) is 2.83. The molecule has 2 N–H and O–H groups in total. The number of carboxylic acids is 1. The Morgan fingerprint density at radius 2 is 1.59 bits per heavy atom. The summed E-state index contributed by atoms with van der Waals surface area (Å²) in [6.07, 6.45) is -3.88. The van der Waals surface area contributed by atoms with Crippen LogP contribution in [-0.2, 0) is 24.1 Å². The van der Waals surface area contributed by atoms with Gasteiger partial charge in [0.05, 0.1) is 5.56 Å². The highest BCUT2D eigenvalue weighted by atomic mass is 19.4. The summed E-state index contributed by atoms with van der Waals surface area (Å²) in [6, 6.07) is 23.3. The molecule has 7 heteroatoms. The molecule has 0 saturated heterocycles. The van der Waals surface area contributed by atoms with E-state index in [0.29, 0.717) is 30.8 Å². The maximum absolute atomic E-state index is 13.2. The monoisotopic (exact) mass is 466 g/mol. The Labute approximate surface area is 196 Å². The van der Waals surface area contributed by atoms with Gasteiger partial charge in [-0.1, -0.05) is 78.9 Å². The summed E-state index contributed by atoms with van der Waals surface area (Å²) in [4.78, 5) is 14.2. The van der Waals surface area contributed by atoms with Crippen molar-refractivity contribution in [3.8, 4) is 0 Å². The largest absolute Gasteiger partial charge is 0.480 e. The number of carboxylic acid groups (broad SMARTS) is 1. The van der Waals surface area contributed by atoms with Crippen LogP contribution in [0.25, 0.3) is 5.57 Å². The second-order valence-corrected chi connectivity index (χ2v) is 8.26. The lowest BCUT2D eigenvalue weighted by atomic mass is 9.91. The van der Waals surface area contributed by atoms with Crippen LogP contribution in [0.2, 0.25) is 0 Å². The number of alkyl halides is 3. The molecule has 0 saturated carbocycles. The van der Waals surface area contributed by atoms with Crippen LogP contribution < -0.4 is 5.32 Å². The van der Waals surface area contributed by atoms with E-state index in [1.807, 2.05) is 60.7 Å². The van der Waals surface area contributed by atoms with E-state index < -0.39 is 23.8 Å². The third kappa shape index (κ3) is 5.48. The standard InChI is InChI=1S/C27H25F3N2O2/c28-27(29,30)22-13-7-10-20(16-22)18-32-15-14-23(21-11-5-2-6-12-21)24(25(32)26(33)34)31-17-19-8-3-1-4-9-19/h1-13,16,25,31H,14-15,17-18H2,(H,33,34). The predicted molar refractivity (Wildman–Crippen MR) is 125 cm³/mol. The van der Waals surface area contributed by atoms with E-state index in [1.54, 1.807) is 11.0 Å². The predicted octanol–water partition coefficient (Wildman–Crippen LogP) is 5.57. The Morgan fingerprint density at radius 1 is 0.941 bits per heavy atom. The van der Waals surface area contributed by atoms with Gasteiger partial charge in [0.2, 0.25) is 0 Å². The van der Waals surface area contributed by atoms with Gasteiger partial charge >= 0.3 is 12.1 Å². The van der Waals surface area contributed by atoms with Crippen molar-refractivity contribution in [2.45, 2.75) is 31.7 Å². The van der Waals surface area contributed by atoms with Crippen LogP contribution in [-0.4, -0.2) is 28.6 Å². The first-order chi connectivity index (χ1) is 16.3. The van der Waals surface area contributed by atoms with Crippen LogP contribution in [0.3, 0.4) is 0 Å². The number of nitrogens with one attached hydrogen (secondary N) is 1. The number of aliphatic carboxylic acids is 1. The van der Waals surface area contributed by atoms with E-state index in [4.69, 9.17) is 0 Å². The molecule has 0 fully saturated rings. The smallest absolute Gasteiger partial charge is 0.416 e. The summed E-state index contributed by atoms with van der Waals surface area (Å²) in [5.41, 5.74) is 3.10. The summed E-state index contributed by atoms with van der Waals surface area (Å²) in [5.74, 6) is -1.05. The number of halogens is 3. The lowest BCUT2D eigenvalue weighted by molar-refractivity contribution is -0.142. The third-order valence-corrected chi connectivity index (χ3v) is 5.93. The van der Waals surface area contributed by atoms with Crippen molar-refractivity contribution in [1.82, 2.24) is 10.2 Å². The van der Waals surface area contributed by atoms with Crippen LogP contribution in [0.4, 0.5) is 13.2 Å². The Bertz CT molecular complexity index is 1160. The van der Waals surface area contributed by atoms with Crippen LogP contribution >= 0.6 is 0 Å². The van der Waals surface area contributed by atoms with E-state index in [-0.39, 0.29) is 6.54 Å². The quantitative estimate of drug-likeness (QED) is 0.478. The zero-order valence-electron chi connectivity index (χ0n) is 18.4. The number of hydrogen-bond acceptors (Lipinski definition) is 3. The van der Waals surface area contributed by atoms with Crippen LogP contribution in [0.15, 0.2) is 90.6 Å². The minimum atomic E-state index is -4.45. The van der Waals surface area contributed by atoms with E-state index >= 15 is 0 Å². The molecule has 1 aliphatic rings. The Hall–Kier alpha value is -3.58. The van der Waals surface area contributed by atoms with Gasteiger partial charge in [-0.25, -0.2) is 0 Å². The first-order valence-corrected chi connectivity index (χ1v) is 11.0. The van der Waals surface area contributed by atoms with E-state index in [9.17, 15) is 23.1 Å². The molecule has 1 aliphatic heterocycles. The molecule has 0 spiro atoms. The lowest BCUT2D eigenvalue weighted by Crippen LogP contribution is -2.49. The zero-order chi connectivity index (χ0) is 24.1. The molecule has 1 unspecified atom stereocenters. The molecule has 0 aromatic heterocycles. The molecular formula is C27H25F3N2O2. The maximum Gasteiger partial charge on any atom is 0.416 e. The summed E-state index contributed by atoms with van der Waals surface area (Å²) >= 11 is 0. The molecule has 3 aromatic rings. The molecule has 1 heterocycles. The second kappa shape index (κ2) is 10.1. The molecule has 4 rings (SSSR count). The molecule has 0 radical (unpaired) electrons. The van der Waals surface area contributed by atoms with Gasteiger partial charge in [0.15, 0.2) is 0 Å². The fourth-order valence-electron chi connectivity index (χ4n) is 4.33. The highest BCUT2D eigenvalue weighted by molar-refractivity contribution is 5.84. The highest BCUT2D eigenvalue weighted by Crippen LogP contribution is 2.33. The van der Waals surface area contributed by atoms with Crippen LogP contribution in [0.5, 0.6) is 0 Å². The van der Waals surface area contributed by atoms with Crippen molar-refractivity contribution >= 4 is 11.5 Å². The topological polar surface area (TPSA) is 52.6 Å². The number of hydrogen-bond donors (Lipinski definition) is 2. The summed E-state index contributed by atoms with van der Waals surface area (Å²) in [5, 5.41) is 13.6. The van der Waals surface area contributed by atoms with E-state index in [2.05, 4.69) is 5.32 Å². The van der Waals surface area contributed by atoms with Crippen molar-refractivity contribution in [3.63, 3.8) is 0 Å². The molecule has 0 bridgehead atoms. The Kier molecular flexibility index (Phi) is 7.03. The fraction of sp³-hybridized carbons (Fsp3) is 0.222. The molecule has 0 aliphatic carbocycles. The average molecular weight is 467 g/mol. The number of carbonyl (C=O) groups is 1. The number of benzene rings is 3. The van der Waals surface area contributed by atoms with Crippen LogP contribution in [0, 0.1) is 0 Å². The van der Waals surface area contributed by atoms with Crippen molar-refractivity contribution in [2.24, 2.45) is 0 Å². The van der Waals surface area contributed by atoms with Gasteiger partial charge < -0.3 is 10.4 Å². The minimum Gasteiger partial charge on any atom is -0.480 e. The SMILES string of the molecule is O=C(O)C1C(NCc2ccccc2)=C(c2ccccc2)CCN1Cc1cccc(C(F)(F)F)c1. The Balaban J connectivity index is 1.68. The maximum atomic E-state index is 13.2. The van der Waals surface area contributed by atoms with Crippen LogP contribution in [0.1, 0.15) is 28.7 Å². The molecule has 176 valence electrons. The Morgan fingerprint density at radius 3 is 2.24 bits per heavy atom. The fourth-order valence-corrected chi connectivity index (χ4v) is 4.33. The minimum absolute atomic E-state index is 0.0967. The molecule has 1 atom stereocenters. The normalized spacial score (nSPS) is 17.0. The van der Waals surface area contributed by atoms with Gasteiger partial charge in [-0.2, -0.15) is 13.2 Å². The van der Waals surface area contributed by atoms with Gasteiger partial charge in [-0.15, -0.1) is 0 Å². The number of nitrogens with zero attached hydrogens (tertiary/aromatic N) is 1. The summed E-state index contributed by atoms with van der Waals surface area (Å²) < 4.78 is 39.6. The molecule has 4 nitrogen and oxygen atoms in total. The van der Waals surface area contributed by atoms with Crippen molar-refractivity contribution < 1.29 is 23.1 Å². The van der Waals surface area contributed by atoms with Gasteiger partial charge in [0.25, 0.3) is 0 Å². The van der Waals surface area contributed by atoms with Crippen molar-refractivity contribution in [1.29, 1.82) is 0 Å². The third-order valence-electron chi connectivity index (χ3n) is 5.93. The van der Waals surface area contributed by atoms with Gasteiger partial charge in [-0.3, -0.25) is 9.69 Å². The summed E-state index contributed by atoms with van der Waals surface area (Å²) in [6.45, 7) is 0.946. The van der Waals surface area contributed by atoms with Gasteiger partial charge in [-0.05, 0) is 34.8 Å². The highest BCUT2D eigenvalue weighted by Gasteiger charge is 2.36. The molecule has 34 heavy (non-hydrogen) atoms. The first-order valence-electron chi connectivity index (χ1n) is 11.0. The molecule has 3 aromatic carbocycles. The van der Waals surface area contributed by atoms with E-state index in [1.165, 1.54) is 6.07 Å². The second-order valence-electron chi connectivity index (χ2n) is 8.26. The zero-order valence-corrected chi connectivity index (χ0v) is 18.4. The van der Waals surface area contributed by atoms with Gasteiger partial charge in [0.1, 0.15) is 6.04 Å². The molecular weight excluding hydrogens is 441 g/mol.